The lowest BCUT2D eigenvalue weighted by Crippen LogP contribution is -2.51. The fourth-order valence-corrected chi connectivity index (χ4v) is 9.07. The molecule has 0 fully saturated rings. The van der Waals surface area contributed by atoms with E-state index in [1.165, 1.54) is 161 Å². The fraction of sp³-hybridized carbons (Fsp3) is 0.814. The van der Waals surface area contributed by atoms with Gasteiger partial charge < -0.3 is 24.9 Å². The maximum atomic E-state index is 13.0. The second-order valence-electron chi connectivity index (χ2n) is 20.8. The third kappa shape index (κ3) is 50.9. The van der Waals surface area contributed by atoms with Crippen LogP contribution in [0.2, 0.25) is 0 Å². The minimum absolute atomic E-state index is 0.0117. The number of phosphoric acid groups is 1. The van der Waals surface area contributed by atoms with Crippen LogP contribution in [-0.4, -0.2) is 84.6 Å². The largest absolute Gasteiger partial charge is 0.472 e. The summed E-state index contributed by atoms with van der Waals surface area (Å²) in [6.07, 6.45) is 63.5. The minimum atomic E-state index is -4.43. The Morgan fingerprint density at radius 1 is 0.536 bits per heavy atom. The number of hydrogen-bond acceptors (Lipinski definition) is 6. The molecular weight excluding hydrogens is 880 g/mol. The Kier molecular flexibility index (Phi) is 48.4. The molecule has 0 aromatic heterocycles. The third-order valence-electron chi connectivity index (χ3n) is 12.9. The van der Waals surface area contributed by atoms with Crippen LogP contribution in [0.1, 0.15) is 251 Å². The number of carbonyl (C=O) groups is 1. The van der Waals surface area contributed by atoms with Gasteiger partial charge in [-0.1, -0.05) is 215 Å². The van der Waals surface area contributed by atoms with E-state index in [0.717, 1.165) is 57.8 Å². The topological polar surface area (TPSA) is 125 Å². The van der Waals surface area contributed by atoms with Crippen molar-refractivity contribution in [3.8, 4) is 0 Å². The molecule has 0 spiro atoms. The van der Waals surface area contributed by atoms with E-state index < -0.39 is 32.7 Å². The molecule has 10 heteroatoms. The predicted molar refractivity (Wildman–Crippen MR) is 296 cm³/mol. The zero-order valence-corrected chi connectivity index (χ0v) is 46.6. The van der Waals surface area contributed by atoms with E-state index in [1.807, 2.05) is 28.1 Å². The number of aliphatic hydroxyl groups is 2. The van der Waals surface area contributed by atoms with Crippen molar-refractivity contribution in [2.45, 2.75) is 270 Å². The number of amides is 1. The van der Waals surface area contributed by atoms with E-state index >= 15 is 0 Å². The molecule has 0 saturated heterocycles. The van der Waals surface area contributed by atoms with Crippen LogP contribution in [0.3, 0.4) is 0 Å². The summed E-state index contributed by atoms with van der Waals surface area (Å²) in [5.41, 5.74) is 0. The average molecular weight is 993 g/mol. The van der Waals surface area contributed by atoms with Crippen molar-refractivity contribution < 1.29 is 38.0 Å². The van der Waals surface area contributed by atoms with Crippen molar-refractivity contribution in [3.63, 3.8) is 0 Å². The van der Waals surface area contributed by atoms with E-state index in [2.05, 4.69) is 73.0 Å². The average Bonchev–Trinajstić information content (AvgIpc) is 3.31. The van der Waals surface area contributed by atoms with E-state index in [-0.39, 0.29) is 18.9 Å². The van der Waals surface area contributed by atoms with Gasteiger partial charge >= 0.3 is 7.82 Å². The Bertz CT molecular complexity index is 1330. The lowest BCUT2D eigenvalue weighted by molar-refractivity contribution is -0.870. The van der Waals surface area contributed by atoms with Gasteiger partial charge in [-0.05, 0) is 90.4 Å². The Hall–Kier alpha value is -1.84. The summed E-state index contributed by atoms with van der Waals surface area (Å²) in [6.45, 7) is 4.36. The summed E-state index contributed by atoms with van der Waals surface area (Å²) in [5.74, 6) is -0.273. The molecule has 404 valence electrons. The van der Waals surface area contributed by atoms with E-state index in [0.29, 0.717) is 23.9 Å². The Labute approximate surface area is 426 Å². The molecule has 0 aliphatic heterocycles. The molecule has 1 amide bonds. The van der Waals surface area contributed by atoms with Crippen molar-refractivity contribution in [2.75, 3.05) is 40.9 Å². The quantitative estimate of drug-likeness (QED) is 0.0207. The maximum Gasteiger partial charge on any atom is 0.472 e. The molecule has 9 nitrogen and oxygen atoms in total. The second-order valence-corrected chi connectivity index (χ2v) is 22.2. The fourth-order valence-electron chi connectivity index (χ4n) is 8.33. The molecule has 69 heavy (non-hydrogen) atoms. The number of nitrogens with zero attached hydrogens (tertiary/aromatic N) is 1. The van der Waals surface area contributed by atoms with Crippen molar-refractivity contribution >= 4 is 13.7 Å². The van der Waals surface area contributed by atoms with Gasteiger partial charge in [0.15, 0.2) is 0 Å². The lowest BCUT2D eigenvalue weighted by atomic mass is 10.0. The van der Waals surface area contributed by atoms with Crippen LogP contribution in [-0.2, 0) is 18.4 Å². The molecule has 0 aromatic carbocycles. The SMILES string of the molecule is C/C=C/CC/C=C/CC/C=C/CCCC(O)C(O)C(COP(=O)(O)OCC[N+](C)(C)C)NC(=O)CCCCCCCCCCCCCCCCCCCCCCC/C=C\C/C=C\CCCCCCC. The molecule has 4 atom stereocenters. The van der Waals surface area contributed by atoms with Crippen LogP contribution in [0, 0.1) is 0 Å². The lowest BCUT2D eigenvalue weighted by Gasteiger charge is -2.28. The molecule has 4 unspecified atom stereocenters. The summed E-state index contributed by atoms with van der Waals surface area (Å²) in [4.78, 5) is 23.3. The Balaban J connectivity index is 4.08. The van der Waals surface area contributed by atoms with Gasteiger partial charge in [-0.3, -0.25) is 13.8 Å². The molecule has 0 saturated carbocycles. The highest BCUT2D eigenvalue weighted by molar-refractivity contribution is 7.47. The summed E-state index contributed by atoms with van der Waals surface area (Å²) in [6, 6.07) is -1.06. The summed E-state index contributed by atoms with van der Waals surface area (Å²) in [5, 5.41) is 24.7. The van der Waals surface area contributed by atoms with Crippen molar-refractivity contribution in [1.29, 1.82) is 0 Å². The number of hydrogen-bond donors (Lipinski definition) is 4. The number of allylic oxidation sites excluding steroid dienone is 10. The van der Waals surface area contributed by atoms with Crippen LogP contribution in [0.15, 0.2) is 60.8 Å². The van der Waals surface area contributed by atoms with Gasteiger partial charge in [-0.15, -0.1) is 0 Å². The summed E-state index contributed by atoms with van der Waals surface area (Å²) in [7, 11) is 1.41. The molecule has 0 radical (unpaired) electrons. The van der Waals surface area contributed by atoms with E-state index in [1.54, 1.807) is 0 Å². The molecule has 4 N–H and O–H groups in total. The third-order valence-corrected chi connectivity index (χ3v) is 13.9. The molecule has 0 aliphatic carbocycles. The van der Waals surface area contributed by atoms with Gasteiger partial charge in [0.1, 0.15) is 19.3 Å². The highest BCUT2D eigenvalue weighted by Crippen LogP contribution is 2.43. The molecule has 0 heterocycles. The molecular formula is C59H112N2O7P+. The van der Waals surface area contributed by atoms with Gasteiger partial charge in [-0.2, -0.15) is 0 Å². The smallest absolute Gasteiger partial charge is 0.390 e. The highest BCUT2D eigenvalue weighted by Gasteiger charge is 2.31. The van der Waals surface area contributed by atoms with Gasteiger partial charge in [0.25, 0.3) is 0 Å². The first kappa shape index (κ1) is 67.2. The van der Waals surface area contributed by atoms with Crippen LogP contribution in [0.25, 0.3) is 0 Å². The zero-order valence-electron chi connectivity index (χ0n) is 45.7. The second kappa shape index (κ2) is 49.7. The monoisotopic (exact) mass is 992 g/mol. The van der Waals surface area contributed by atoms with Gasteiger partial charge in [-0.25, -0.2) is 4.57 Å². The van der Waals surface area contributed by atoms with Crippen molar-refractivity contribution in [3.05, 3.63) is 60.8 Å². The van der Waals surface area contributed by atoms with Gasteiger partial charge in [0.05, 0.1) is 39.9 Å². The molecule has 0 aromatic rings. The number of rotatable bonds is 52. The van der Waals surface area contributed by atoms with Crippen LogP contribution in [0.5, 0.6) is 0 Å². The number of quaternary nitrogens is 1. The first-order valence-corrected chi connectivity index (χ1v) is 30.2. The first-order chi connectivity index (χ1) is 33.4. The van der Waals surface area contributed by atoms with E-state index in [9.17, 15) is 24.5 Å². The molecule has 0 bridgehead atoms. The Morgan fingerprint density at radius 3 is 1.38 bits per heavy atom. The standard InChI is InChI=1S/C59H111N2O7P/c1-6-8-10-12-14-16-18-20-21-22-23-24-25-26-27-28-29-30-31-32-33-34-35-36-37-38-39-40-42-44-46-48-50-52-58(63)60-56(55-68-69(65,66)67-54-53-61(3,4)5)59(64)57(62)51-49-47-45-43-41-19-17-15-13-11-9-7-2/h7,9,15,17-18,20,22-23,43,45,56-57,59,62,64H,6,8,10-14,16,19,21,24-42,44,46-55H2,1-5H3,(H-,60,63,65,66)/p+1/b9-7+,17-15+,20-18-,23-22-,45-43+. The highest BCUT2D eigenvalue weighted by atomic mass is 31.2. The number of carbonyl (C=O) groups excluding carboxylic acids is 1. The minimum Gasteiger partial charge on any atom is -0.390 e. The summed E-state index contributed by atoms with van der Waals surface area (Å²) < 4.78 is 23.6. The number of nitrogens with one attached hydrogen (secondary N) is 1. The number of phosphoric ester groups is 1. The van der Waals surface area contributed by atoms with E-state index in [4.69, 9.17) is 9.05 Å². The van der Waals surface area contributed by atoms with Crippen molar-refractivity contribution in [1.82, 2.24) is 5.32 Å². The zero-order chi connectivity index (χ0) is 50.8. The predicted octanol–water partition coefficient (Wildman–Crippen LogP) is 16.3. The Morgan fingerprint density at radius 2 is 0.928 bits per heavy atom. The van der Waals surface area contributed by atoms with Crippen molar-refractivity contribution in [2.24, 2.45) is 0 Å². The molecule has 0 aliphatic rings. The van der Waals surface area contributed by atoms with Crippen LogP contribution in [0.4, 0.5) is 0 Å². The number of unbranched alkanes of at least 4 members (excludes halogenated alkanes) is 29. The van der Waals surface area contributed by atoms with Crippen LogP contribution < -0.4 is 5.32 Å². The normalized spacial score (nSPS) is 14.8. The number of aliphatic hydroxyl groups excluding tert-OH is 2. The maximum absolute atomic E-state index is 13.0. The number of likely N-dealkylation sites (N-methyl/N-ethyl adjacent to an activating group) is 1. The van der Waals surface area contributed by atoms with Crippen LogP contribution >= 0.6 is 7.82 Å². The van der Waals surface area contributed by atoms with Gasteiger partial charge in [0.2, 0.25) is 5.91 Å². The molecule has 0 rings (SSSR count). The first-order valence-electron chi connectivity index (χ1n) is 28.7. The summed E-state index contributed by atoms with van der Waals surface area (Å²) >= 11 is 0. The van der Waals surface area contributed by atoms with Gasteiger partial charge in [0, 0.05) is 6.42 Å².